The highest BCUT2D eigenvalue weighted by atomic mass is 19.3. The minimum Gasteiger partial charge on any atom is -0.399 e. The average Bonchev–Trinajstić information content (AvgIpc) is 2.90. The fourth-order valence-electron chi connectivity index (χ4n) is 2.71. The summed E-state index contributed by atoms with van der Waals surface area (Å²) < 4.78 is 25.3. The molecule has 2 N–H and O–H groups in total. The third kappa shape index (κ3) is 6.26. The van der Waals surface area contributed by atoms with Crippen molar-refractivity contribution in [1.29, 1.82) is 0 Å². The third-order valence-electron chi connectivity index (χ3n) is 4.66. The number of nitrogens with two attached hydrogens (primary N) is 1. The van der Waals surface area contributed by atoms with Crippen molar-refractivity contribution >= 4 is 16.7 Å². The zero-order valence-electron chi connectivity index (χ0n) is 17.4. The molecule has 0 saturated carbocycles. The molecule has 0 saturated heterocycles. The minimum absolute atomic E-state index is 0.0415. The lowest BCUT2D eigenvalue weighted by atomic mass is 9.95. The van der Waals surface area contributed by atoms with Gasteiger partial charge in [-0.05, 0) is 31.0 Å². The number of nitrogens with zero attached hydrogens (tertiary/aromatic N) is 2. The molecule has 0 aliphatic heterocycles. The van der Waals surface area contributed by atoms with Crippen LogP contribution in [0.1, 0.15) is 73.6 Å². The van der Waals surface area contributed by atoms with Gasteiger partial charge in [-0.2, -0.15) is 0 Å². The Kier molecular flexibility index (Phi) is 7.60. The standard InChI is InChI=1S/C17H27N3.C4H8F2/c1-6-12(7-2)11-20-15-9-8-13(18)10-14(15)19-16(20)17(3,4)5;1-3-4(2,5)6/h8-10,12H,6-7,11,18H2,1-5H3;3H2,1-2H3. The van der Waals surface area contributed by atoms with Crippen LogP contribution in [0.25, 0.3) is 11.0 Å². The van der Waals surface area contributed by atoms with Crippen molar-refractivity contribution in [3.8, 4) is 0 Å². The number of alkyl halides is 2. The number of hydrogen-bond acceptors (Lipinski definition) is 2. The first kappa shape index (κ1) is 22.4. The number of rotatable bonds is 5. The number of benzene rings is 1. The Hall–Kier alpha value is -1.65. The summed E-state index contributed by atoms with van der Waals surface area (Å²) >= 11 is 0. The van der Waals surface area contributed by atoms with E-state index < -0.39 is 5.92 Å². The van der Waals surface area contributed by atoms with Crippen molar-refractivity contribution in [2.24, 2.45) is 5.92 Å². The molecule has 0 aliphatic rings. The molecule has 0 fully saturated rings. The van der Waals surface area contributed by atoms with Crippen LogP contribution in [-0.2, 0) is 12.0 Å². The Morgan fingerprint density at radius 3 is 2.04 bits per heavy atom. The summed E-state index contributed by atoms with van der Waals surface area (Å²) in [4.78, 5) is 4.85. The molecule has 0 spiro atoms. The molecule has 3 nitrogen and oxygen atoms in total. The van der Waals surface area contributed by atoms with Crippen molar-refractivity contribution in [2.75, 3.05) is 5.73 Å². The first-order valence-corrected chi connectivity index (χ1v) is 9.56. The fraction of sp³-hybridized carbons (Fsp3) is 0.667. The molecule has 0 bridgehead atoms. The van der Waals surface area contributed by atoms with Gasteiger partial charge in [-0.3, -0.25) is 0 Å². The normalized spacial score (nSPS) is 12.4. The molecule has 1 heterocycles. The Morgan fingerprint density at radius 2 is 1.62 bits per heavy atom. The smallest absolute Gasteiger partial charge is 0.245 e. The first-order chi connectivity index (χ1) is 11.9. The summed E-state index contributed by atoms with van der Waals surface area (Å²) in [5.74, 6) is -0.601. The highest BCUT2D eigenvalue weighted by Crippen LogP contribution is 2.29. The van der Waals surface area contributed by atoms with Crippen LogP contribution in [0, 0.1) is 5.92 Å². The van der Waals surface area contributed by atoms with Gasteiger partial charge in [0.15, 0.2) is 0 Å². The molecule has 2 rings (SSSR count). The van der Waals surface area contributed by atoms with Crippen molar-refractivity contribution in [2.45, 2.75) is 85.6 Å². The lowest BCUT2D eigenvalue weighted by Gasteiger charge is -2.23. The number of aromatic nitrogens is 2. The van der Waals surface area contributed by atoms with E-state index in [9.17, 15) is 8.78 Å². The zero-order chi connectivity index (χ0) is 20.1. The van der Waals surface area contributed by atoms with Crippen molar-refractivity contribution in [3.63, 3.8) is 0 Å². The van der Waals surface area contributed by atoms with Crippen molar-refractivity contribution in [1.82, 2.24) is 9.55 Å². The number of anilines is 1. The van der Waals surface area contributed by atoms with Gasteiger partial charge < -0.3 is 10.3 Å². The molecule has 0 aliphatic carbocycles. The Morgan fingerprint density at radius 1 is 1.08 bits per heavy atom. The molecule has 26 heavy (non-hydrogen) atoms. The van der Waals surface area contributed by atoms with E-state index in [2.05, 4.69) is 45.3 Å². The molecule has 2 aromatic rings. The molecule has 1 aromatic heterocycles. The van der Waals surface area contributed by atoms with Crippen LogP contribution < -0.4 is 5.73 Å². The van der Waals surface area contributed by atoms with Gasteiger partial charge in [-0.15, -0.1) is 0 Å². The summed E-state index contributed by atoms with van der Waals surface area (Å²) in [6.45, 7) is 14.6. The Labute approximate surface area is 157 Å². The van der Waals surface area contributed by atoms with Crippen LogP contribution in [0.15, 0.2) is 18.2 Å². The van der Waals surface area contributed by atoms with Crippen molar-refractivity contribution < 1.29 is 8.78 Å². The van der Waals surface area contributed by atoms with E-state index >= 15 is 0 Å². The van der Waals surface area contributed by atoms with E-state index in [1.807, 2.05) is 12.1 Å². The topological polar surface area (TPSA) is 43.8 Å². The average molecular weight is 368 g/mol. The number of hydrogen-bond donors (Lipinski definition) is 1. The lowest BCUT2D eigenvalue weighted by Crippen LogP contribution is -2.21. The van der Waals surface area contributed by atoms with Crippen LogP contribution in [0.2, 0.25) is 0 Å². The Balaban J connectivity index is 0.000000487. The maximum atomic E-state index is 11.5. The molecule has 5 heteroatoms. The second kappa shape index (κ2) is 8.83. The summed E-state index contributed by atoms with van der Waals surface area (Å²) in [7, 11) is 0. The number of halogens is 2. The molecular weight excluding hydrogens is 332 g/mol. The third-order valence-corrected chi connectivity index (χ3v) is 4.66. The Bertz CT molecular complexity index is 690. The second-order valence-electron chi connectivity index (χ2n) is 8.15. The fourth-order valence-corrected chi connectivity index (χ4v) is 2.71. The van der Waals surface area contributed by atoms with Crippen LogP contribution in [0.5, 0.6) is 0 Å². The molecule has 0 amide bonds. The van der Waals surface area contributed by atoms with Crippen molar-refractivity contribution in [3.05, 3.63) is 24.0 Å². The van der Waals surface area contributed by atoms with E-state index in [-0.39, 0.29) is 11.8 Å². The summed E-state index contributed by atoms with van der Waals surface area (Å²) in [6.07, 6.45) is 2.34. The zero-order valence-corrected chi connectivity index (χ0v) is 17.4. The van der Waals surface area contributed by atoms with Gasteiger partial charge in [0.2, 0.25) is 5.92 Å². The second-order valence-corrected chi connectivity index (χ2v) is 8.15. The van der Waals surface area contributed by atoms with Gasteiger partial charge >= 0.3 is 0 Å². The highest BCUT2D eigenvalue weighted by molar-refractivity contribution is 5.79. The molecule has 1 aromatic carbocycles. The molecule has 148 valence electrons. The number of imidazole rings is 1. The number of nitrogen functional groups attached to an aromatic ring is 1. The predicted octanol–water partition coefficient (Wildman–Crippen LogP) is 6.40. The van der Waals surface area contributed by atoms with E-state index in [0.29, 0.717) is 5.92 Å². The SMILES string of the molecule is CCC(C)(F)F.CCC(CC)Cn1c(C(C)(C)C)nc2cc(N)ccc21. The van der Waals surface area contributed by atoms with Crippen LogP contribution >= 0.6 is 0 Å². The quantitative estimate of drug-likeness (QED) is 0.621. The summed E-state index contributed by atoms with van der Waals surface area (Å²) in [5.41, 5.74) is 8.94. The predicted molar refractivity (Wildman–Crippen MR) is 108 cm³/mol. The van der Waals surface area contributed by atoms with Crippen LogP contribution in [0.3, 0.4) is 0 Å². The van der Waals surface area contributed by atoms with Gasteiger partial charge in [0.25, 0.3) is 0 Å². The van der Waals surface area contributed by atoms with Gasteiger partial charge in [-0.25, -0.2) is 13.8 Å². The lowest BCUT2D eigenvalue weighted by molar-refractivity contribution is 0.0181. The highest BCUT2D eigenvalue weighted by Gasteiger charge is 2.24. The molecule has 0 unspecified atom stereocenters. The molecule has 0 atom stereocenters. The van der Waals surface area contributed by atoms with E-state index in [0.717, 1.165) is 30.5 Å². The largest absolute Gasteiger partial charge is 0.399 e. The maximum absolute atomic E-state index is 11.5. The molecular formula is C21H35F2N3. The van der Waals surface area contributed by atoms with Gasteiger partial charge in [0.1, 0.15) is 5.82 Å². The molecule has 0 radical (unpaired) electrons. The summed E-state index contributed by atoms with van der Waals surface area (Å²) in [5, 5.41) is 0. The van der Waals surface area contributed by atoms with E-state index in [4.69, 9.17) is 10.7 Å². The maximum Gasteiger partial charge on any atom is 0.245 e. The van der Waals surface area contributed by atoms with Crippen LogP contribution in [-0.4, -0.2) is 15.5 Å². The van der Waals surface area contributed by atoms with E-state index in [1.54, 1.807) is 0 Å². The first-order valence-electron chi connectivity index (χ1n) is 9.56. The minimum atomic E-state index is -2.46. The van der Waals surface area contributed by atoms with E-state index in [1.165, 1.54) is 25.3 Å². The van der Waals surface area contributed by atoms with Crippen LogP contribution in [0.4, 0.5) is 14.5 Å². The van der Waals surface area contributed by atoms with Gasteiger partial charge in [0, 0.05) is 24.1 Å². The summed E-state index contributed by atoms with van der Waals surface area (Å²) in [6, 6.07) is 6.06. The van der Waals surface area contributed by atoms with Gasteiger partial charge in [0.05, 0.1) is 11.0 Å². The number of fused-ring (bicyclic) bond motifs is 1. The van der Waals surface area contributed by atoms with Gasteiger partial charge in [-0.1, -0.05) is 54.4 Å². The monoisotopic (exact) mass is 367 g/mol.